The van der Waals surface area contributed by atoms with E-state index in [0.29, 0.717) is 5.56 Å². The summed E-state index contributed by atoms with van der Waals surface area (Å²) in [5, 5.41) is 4.20. The number of H-pyrrole nitrogens is 1. The summed E-state index contributed by atoms with van der Waals surface area (Å²) in [6.07, 6.45) is 2.00. The molecule has 26 heavy (non-hydrogen) atoms. The summed E-state index contributed by atoms with van der Waals surface area (Å²) in [6.45, 7) is 4.16. The Hall–Kier alpha value is -3.08. The van der Waals surface area contributed by atoms with Crippen LogP contribution in [0, 0.1) is 5.92 Å². The second kappa shape index (κ2) is 6.33. The van der Waals surface area contributed by atoms with Gasteiger partial charge >= 0.3 is 0 Å². The van der Waals surface area contributed by atoms with E-state index < -0.39 is 0 Å². The first kappa shape index (κ1) is 16.4. The summed E-state index contributed by atoms with van der Waals surface area (Å²) >= 11 is 0. The molecule has 0 saturated heterocycles. The number of nitrogens with zero attached hydrogens (tertiary/aromatic N) is 2. The third kappa shape index (κ3) is 2.86. The lowest BCUT2D eigenvalue weighted by atomic mass is 10.0. The van der Waals surface area contributed by atoms with Crippen molar-refractivity contribution in [2.24, 2.45) is 13.0 Å². The number of imidazole rings is 1. The molecule has 4 aromatic rings. The van der Waals surface area contributed by atoms with Crippen molar-refractivity contribution in [3.8, 4) is 0 Å². The lowest BCUT2D eigenvalue weighted by molar-refractivity contribution is 0.0923. The molecule has 0 saturated carbocycles. The molecule has 0 fully saturated rings. The van der Waals surface area contributed by atoms with E-state index in [4.69, 9.17) is 0 Å². The van der Waals surface area contributed by atoms with Gasteiger partial charge in [0.25, 0.3) is 5.91 Å². The summed E-state index contributed by atoms with van der Waals surface area (Å²) < 4.78 is 2.04. The van der Waals surface area contributed by atoms with Crippen molar-refractivity contribution in [2.45, 2.75) is 19.9 Å². The Morgan fingerprint density at radius 1 is 1.15 bits per heavy atom. The van der Waals surface area contributed by atoms with Crippen LogP contribution in [0.5, 0.6) is 0 Å². The molecule has 2 heterocycles. The molecule has 132 valence electrons. The van der Waals surface area contributed by atoms with Gasteiger partial charge in [-0.3, -0.25) is 4.79 Å². The number of aryl methyl sites for hydroxylation is 1. The van der Waals surface area contributed by atoms with E-state index in [1.165, 1.54) is 0 Å². The number of fused-ring (bicyclic) bond motifs is 2. The highest BCUT2D eigenvalue weighted by atomic mass is 16.1. The van der Waals surface area contributed by atoms with Gasteiger partial charge in [-0.25, -0.2) is 4.98 Å². The van der Waals surface area contributed by atoms with Crippen LogP contribution in [0.2, 0.25) is 0 Å². The van der Waals surface area contributed by atoms with Gasteiger partial charge in [0.15, 0.2) is 0 Å². The van der Waals surface area contributed by atoms with Gasteiger partial charge in [-0.15, -0.1) is 0 Å². The van der Waals surface area contributed by atoms with Crippen LogP contribution in [-0.4, -0.2) is 20.4 Å². The molecule has 0 unspecified atom stereocenters. The number of aromatic nitrogens is 3. The summed E-state index contributed by atoms with van der Waals surface area (Å²) in [5.41, 5.74) is 3.66. The zero-order chi connectivity index (χ0) is 18.3. The number of para-hydroxylation sites is 2. The normalized spacial score (nSPS) is 12.8. The van der Waals surface area contributed by atoms with Crippen molar-refractivity contribution < 1.29 is 4.79 Å². The minimum Gasteiger partial charge on any atom is -0.351 e. The van der Waals surface area contributed by atoms with Crippen molar-refractivity contribution in [1.29, 1.82) is 0 Å². The van der Waals surface area contributed by atoms with Crippen molar-refractivity contribution in [2.75, 3.05) is 0 Å². The van der Waals surface area contributed by atoms with E-state index in [0.717, 1.165) is 27.8 Å². The first-order valence-corrected chi connectivity index (χ1v) is 8.83. The highest BCUT2D eigenvalue weighted by molar-refractivity contribution is 5.98. The number of hydrogen-bond acceptors (Lipinski definition) is 2. The Morgan fingerprint density at radius 3 is 2.73 bits per heavy atom. The minimum absolute atomic E-state index is 0.0880. The predicted octanol–water partition coefficient (Wildman–Crippen LogP) is 4.18. The molecule has 5 nitrogen and oxygen atoms in total. The smallest absolute Gasteiger partial charge is 0.251 e. The molecular weight excluding hydrogens is 324 g/mol. The van der Waals surface area contributed by atoms with Crippen LogP contribution in [0.3, 0.4) is 0 Å². The molecule has 0 spiro atoms. The highest BCUT2D eigenvalue weighted by Crippen LogP contribution is 2.23. The largest absolute Gasteiger partial charge is 0.351 e. The molecule has 2 aromatic heterocycles. The van der Waals surface area contributed by atoms with Gasteiger partial charge in [0.2, 0.25) is 0 Å². The van der Waals surface area contributed by atoms with Gasteiger partial charge in [-0.05, 0) is 42.3 Å². The Balaban J connectivity index is 1.63. The van der Waals surface area contributed by atoms with Crippen LogP contribution in [-0.2, 0) is 7.05 Å². The van der Waals surface area contributed by atoms with Crippen molar-refractivity contribution in [3.05, 3.63) is 66.1 Å². The SMILES string of the molecule is CC(C)[C@H](NC(=O)c1ccc2c(ccn2C)c1)c1nc2ccccc2[nH]1. The number of aromatic amines is 1. The maximum atomic E-state index is 12.8. The Labute approximate surface area is 152 Å². The van der Waals surface area contributed by atoms with Gasteiger partial charge in [-0.1, -0.05) is 26.0 Å². The average molecular weight is 346 g/mol. The maximum absolute atomic E-state index is 12.8. The van der Waals surface area contributed by atoms with E-state index in [-0.39, 0.29) is 17.9 Å². The monoisotopic (exact) mass is 346 g/mol. The third-order valence-electron chi connectivity index (χ3n) is 4.80. The number of carbonyl (C=O) groups is 1. The topological polar surface area (TPSA) is 62.7 Å². The summed E-state index contributed by atoms with van der Waals surface area (Å²) in [5.74, 6) is 0.908. The van der Waals surface area contributed by atoms with Gasteiger partial charge in [0.1, 0.15) is 5.82 Å². The Bertz CT molecular complexity index is 1060. The van der Waals surface area contributed by atoms with E-state index in [9.17, 15) is 4.79 Å². The van der Waals surface area contributed by atoms with Crippen LogP contribution >= 0.6 is 0 Å². The molecule has 2 aromatic carbocycles. The first-order chi connectivity index (χ1) is 12.5. The molecule has 5 heteroatoms. The summed E-state index contributed by atoms with van der Waals surface area (Å²) in [6, 6.07) is 15.5. The summed E-state index contributed by atoms with van der Waals surface area (Å²) in [4.78, 5) is 20.8. The fraction of sp³-hybridized carbons (Fsp3) is 0.238. The Kier molecular flexibility index (Phi) is 3.99. The number of nitrogens with one attached hydrogen (secondary N) is 2. The summed E-state index contributed by atoms with van der Waals surface area (Å²) in [7, 11) is 2.00. The maximum Gasteiger partial charge on any atom is 0.251 e. The van der Waals surface area contributed by atoms with Gasteiger partial charge < -0.3 is 14.9 Å². The second-order valence-electron chi connectivity index (χ2n) is 7.03. The molecule has 1 amide bonds. The molecule has 0 aliphatic heterocycles. The molecule has 0 aliphatic carbocycles. The van der Waals surface area contributed by atoms with Crippen molar-refractivity contribution >= 4 is 27.8 Å². The standard InChI is InChI=1S/C21H22N4O/c1-13(2)19(20-22-16-6-4-5-7-17(16)23-20)24-21(26)15-8-9-18-14(12-15)10-11-25(18)3/h4-13,19H,1-3H3,(H,22,23)(H,24,26)/t19-/m0/s1. The van der Waals surface area contributed by atoms with E-state index in [1.54, 1.807) is 0 Å². The quantitative estimate of drug-likeness (QED) is 0.582. The van der Waals surface area contributed by atoms with Crippen molar-refractivity contribution in [3.63, 3.8) is 0 Å². The molecule has 0 bridgehead atoms. The fourth-order valence-electron chi connectivity index (χ4n) is 3.32. The first-order valence-electron chi connectivity index (χ1n) is 8.83. The lowest BCUT2D eigenvalue weighted by Crippen LogP contribution is -2.32. The van der Waals surface area contributed by atoms with E-state index >= 15 is 0 Å². The molecule has 0 radical (unpaired) electrons. The van der Waals surface area contributed by atoms with Crippen LogP contribution in [0.4, 0.5) is 0 Å². The number of amides is 1. The molecule has 1 atom stereocenters. The predicted molar refractivity (Wildman–Crippen MR) is 104 cm³/mol. The van der Waals surface area contributed by atoms with Crippen molar-refractivity contribution in [1.82, 2.24) is 19.9 Å². The van der Waals surface area contributed by atoms with E-state index in [1.807, 2.05) is 66.3 Å². The van der Waals surface area contributed by atoms with Gasteiger partial charge in [0.05, 0.1) is 17.1 Å². The van der Waals surface area contributed by atoms with Crippen LogP contribution in [0.15, 0.2) is 54.7 Å². The van der Waals surface area contributed by atoms with Crippen LogP contribution < -0.4 is 5.32 Å². The number of benzene rings is 2. The van der Waals surface area contributed by atoms with Gasteiger partial charge in [-0.2, -0.15) is 0 Å². The van der Waals surface area contributed by atoms with E-state index in [2.05, 4.69) is 29.1 Å². The lowest BCUT2D eigenvalue weighted by Gasteiger charge is -2.20. The number of rotatable bonds is 4. The Morgan fingerprint density at radius 2 is 1.96 bits per heavy atom. The molecular formula is C21H22N4O. The zero-order valence-electron chi connectivity index (χ0n) is 15.2. The number of hydrogen-bond donors (Lipinski definition) is 2. The van der Waals surface area contributed by atoms with Crippen LogP contribution in [0.1, 0.15) is 36.1 Å². The van der Waals surface area contributed by atoms with Crippen LogP contribution in [0.25, 0.3) is 21.9 Å². The molecule has 4 rings (SSSR count). The average Bonchev–Trinajstić information content (AvgIpc) is 3.22. The fourth-order valence-corrected chi connectivity index (χ4v) is 3.32. The number of carbonyl (C=O) groups excluding carboxylic acids is 1. The molecule has 2 N–H and O–H groups in total. The zero-order valence-corrected chi connectivity index (χ0v) is 15.2. The highest BCUT2D eigenvalue weighted by Gasteiger charge is 2.22. The third-order valence-corrected chi connectivity index (χ3v) is 4.80. The molecule has 0 aliphatic rings. The second-order valence-corrected chi connectivity index (χ2v) is 7.03. The van der Waals surface area contributed by atoms with Gasteiger partial charge in [0, 0.05) is 29.7 Å². The minimum atomic E-state index is -0.179.